The molecule has 1 N–H and O–H groups in total. The lowest BCUT2D eigenvalue weighted by Crippen LogP contribution is -2.51. The molecule has 180 valence electrons. The molecule has 0 saturated carbocycles. The highest BCUT2D eigenvalue weighted by molar-refractivity contribution is 5.69. The van der Waals surface area contributed by atoms with E-state index in [4.69, 9.17) is 4.74 Å². The van der Waals surface area contributed by atoms with E-state index in [1.807, 2.05) is 4.98 Å². The fourth-order valence-corrected chi connectivity index (χ4v) is 3.28. The fourth-order valence-electron chi connectivity index (χ4n) is 3.28. The van der Waals surface area contributed by atoms with Crippen LogP contribution in [0.1, 0.15) is 36.1 Å². The van der Waals surface area contributed by atoms with E-state index in [1.165, 1.54) is 9.80 Å². The molecule has 1 atom stereocenters. The summed E-state index contributed by atoms with van der Waals surface area (Å²) in [4.78, 5) is 36.3. The highest BCUT2D eigenvalue weighted by Crippen LogP contribution is 2.33. The number of carbonyl (C=O) groups is 1. The molecule has 8 nitrogen and oxygen atoms in total. The minimum Gasteiger partial charge on any atom is -0.449 e. The van der Waals surface area contributed by atoms with Gasteiger partial charge in [0, 0.05) is 38.2 Å². The maximum atomic E-state index is 13.2. The highest BCUT2D eigenvalue weighted by Gasteiger charge is 2.38. The Hall–Kier alpha value is -3.32. The number of nitrogens with one attached hydrogen (secondary N) is 1. The molecule has 3 heterocycles. The number of aromatic nitrogens is 3. The van der Waals surface area contributed by atoms with Crippen LogP contribution in [0, 0.1) is 0 Å². The smallest absolute Gasteiger partial charge is 0.421 e. The summed E-state index contributed by atoms with van der Waals surface area (Å²) in [5, 5.41) is 0. The number of anilines is 1. The molecule has 0 bridgehead atoms. The second kappa shape index (κ2) is 9.27. The summed E-state index contributed by atoms with van der Waals surface area (Å²) in [6, 6.07) is -0.382. The van der Waals surface area contributed by atoms with Gasteiger partial charge in [-0.05, 0) is 18.1 Å². The second-order valence-corrected chi connectivity index (χ2v) is 7.21. The van der Waals surface area contributed by atoms with Crippen molar-refractivity contribution in [2.24, 2.45) is 0 Å². The third-order valence-electron chi connectivity index (χ3n) is 4.91. The van der Waals surface area contributed by atoms with Gasteiger partial charge in [-0.25, -0.2) is 14.8 Å². The van der Waals surface area contributed by atoms with Gasteiger partial charge in [-0.2, -0.15) is 26.3 Å². The third-order valence-corrected chi connectivity index (χ3v) is 4.91. The first-order valence-electron chi connectivity index (χ1n) is 9.79. The number of halogens is 6. The van der Waals surface area contributed by atoms with Crippen molar-refractivity contribution in [3.05, 3.63) is 51.7 Å². The fraction of sp³-hybridized carbons (Fsp3) is 0.474. The van der Waals surface area contributed by atoms with Gasteiger partial charge >= 0.3 is 18.4 Å². The molecule has 0 aromatic carbocycles. The summed E-state index contributed by atoms with van der Waals surface area (Å²) in [6.07, 6.45) is -7.56. The topological polar surface area (TPSA) is 91.4 Å². The number of nitrogens with zero attached hydrogens (tertiary/aromatic N) is 4. The van der Waals surface area contributed by atoms with Crippen LogP contribution in [0.5, 0.6) is 0 Å². The van der Waals surface area contributed by atoms with Crippen LogP contribution in [0.2, 0.25) is 0 Å². The molecule has 0 unspecified atom stereocenters. The lowest BCUT2D eigenvalue weighted by atomic mass is 10.0. The van der Waals surface area contributed by atoms with Gasteiger partial charge in [0.05, 0.1) is 18.2 Å². The van der Waals surface area contributed by atoms with Crippen LogP contribution in [0.3, 0.4) is 0 Å². The molecule has 33 heavy (non-hydrogen) atoms. The Morgan fingerprint density at radius 3 is 2.39 bits per heavy atom. The van der Waals surface area contributed by atoms with Crippen LogP contribution in [-0.2, 0) is 17.1 Å². The van der Waals surface area contributed by atoms with Crippen molar-refractivity contribution < 1.29 is 35.9 Å². The minimum atomic E-state index is -4.93. The summed E-state index contributed by atoms with van der Waals surface area (Å²) >= 11 is 0. The van der Waals surface area contributed by atoms with Crippen molar-refractivity contribution >= 4 is 12.0 Å². The molecular weight excluding hydrogens is 460 g/mol. The number of alkyl halides is 6. The van der Waals surface area contributed by atoms with Crippen LogP contribution < -0.4 is 10.5 Å². The quantitative estimate of drug-likeness (QED) is 0.674. The van der Waals surface area contributed by atoms with E-state index < -0.39 is 41.2 Å². The van der Waals surface area contributed by atoms with E-state index in [-0.39, 0.29) is 37.8 Å². The molecule has 3 rings (SSSR count). The van der Waals surface area contributed by atoms with Crippen molar-refractivity contribution in [2.75, 3.05) is 31.1 Å². The second-order valence-electron chi connectivity index (χ2n) is 7.21. The van der Waals surface area contributed by atoms with Crippen LogP contribution >= 0.6 is 0 Å². The Labute approximate surface area is 183 Å². The zero-order valence-corrected chi connectivity index (χ0v) is 17.2. The lowest BCUT2D eigenvalue weighted by molar-refractivity contribution is -0.139. The third kappa shape index (κ3) is 5.54. The van der Waals surface area contributed by atoms with Crippen molar-refractivity contribution in [1.29, 1.82) is 0 Å². The Balaban J connectivity index is 1.95. The molecule has 0 radical (unpaired) electrons. The summed E-state index contributed by atoms with van der Waals surface area (Å²) in [6.45, 7) is 1.78. The first kappa shape index (κ1) is 24.3. The molecule has 1 aliphatic rings. The van der Waals surface area contributed by atoms with E-state index in [2.05, 4.69) is 9.97 Å². The van der Waals surface area contributed by atoms with Crippen molar-refractivity contribution in [3.63, 3.8) is 0 Å². The molecule has 1 fully saturated rings. The van der Waals surface area contributed by atoms with E-state index in [0.717, 1.165) is 6.20 Å². The monoisotopic (exact) mass is 479 g/mol. The minimum absolute atomic E-state index is 0.0297. The number of ether oxygens (including phenoxy) is 1. The molecule has 2 aromatic rings. The number of hydrogen-bond acceptors (Lipinski definition) is 6. The first-order valence-corrected chi connectivity index (χ1v) is 9.79. The summed E-state index contributed by atoms with van der Waals surface area (Å²) in [7, 11) is 0. The standard InChI is InChI=1S/C19H19F6N5O3/c1-2-5-33-17(32)30-4-3-29(16-27-8-12(9-28-16)18(20,21)22)10-14(30)11-6-13(19(23,24)25)15(31)26-7-11/h6-9,14H,2-5,10H2,1H3,(H,26,31)/t14-/m0/s1. The molecular formula is C19H19F6N5O3. The van der Waals surface area contributed by atoms with Gasteiger partial charge in [0.2, 0.25) is 5.95 Å². The van der Waals surface area contributed by atoms with Crippen molar-refractivity contribution in [1.82, 2.24) is 19.9 Å². The van der Waals surface area contributed by atoms with E-state index >= 15 is 0 Å². The molecule has 1 aliphatic heterocycles. The SMILES string of the molecule is CCCOC(=O)N1CCN(c2ncc(C(F)(F)F)cn2)C[C@H]1c1c[nH]c(=O)c(C(F)(F)F)c1. The zero-order chi connectivity index (χ0) is 24.4. The van der Waals surface area contributed by atoms with Gasteiger partial charge in [0.25, 0.3) is 5.56 Å². The number of piperazine rings is 1. The van der Waals surface area contributed by atoms with Gasteiger partial charge in [0.15, 0.2) is 0 Å². The Morgan fingerprint density at radius 1 is 1.15 bits per heavy atom. The number of hydrogen-bond donors (Lipinski definition) is 1. The van der Waals surface area contributed by atoms with Gasteiger partial charge in [-0.15, -0.1) is 0 Å². The normalized spacial score (nSPS) is 17.2. The number of carbonyl (C=O) groups excluding carboxylic acids is 1. The molecule has 14 heteroatoms. The Bertz CT molecular complexity index is 1040. The summed E-state index contributed by atoms with van der Waals surface area (Å²) < 4.78 is 83.2. The number of H-pyrrole nitrogens is 1. The molecule has 1 amide bonds. The largest absolute Gasteiger partial charge is 0.449 e. The zero-order valence-electron chi connectivity index (χ0n) is 17.2. The number of pyridine rings is 1. The van der Waals surface area contributed by atoms with E-state index in [9.17, 15) is 35.9 Å². The Kier molecular flexibility index (Phi) is 6.84. The lowest BCUT2D eigenvalue weighted by Gasteiger charge is -2.41. The number of amides is 1. The highest BCUT2D eigenvalue weighted by atomic mass is 19.4. The van der Waals surface area contributed by atoms with Gasteiger partial charge in [0.1, 0.15) is 5.56 Å². The maximum Gasteiger partial charge on any atom is 0.421 e. The molecule has 0 spiro atoms. The Morgan fingerprint density at radius 2 is 1.82 bits per heavy atom. The average Bonchev–Trinajstić information content (AvgIpc) is 2.76. The molecule has 0 aliphatic carbocycles. The predicted octanol–water partition coefficient (Wildman–Crippen LogP) is 3.61. The van der Waals surface area contributed by atoms with E-state index in [1.54, 1.807) is 6.92 Å². The van der Waals surface area contributed by atoms with Gasteiger partial charge in [-0.3, -0.25) is 9.69 Å². The van der Waals surface area contributed by atoms with Crippen LogP contribution in [0.15, 0.2) is 29.5 Å². The van der Waals surface area contributed by atoms with Gasteiger partial charge < -0.3 is 14.6 Å². The number of rotatable bonds is 4. The van der Waals surface area contributed by atoms with Crippen LogP contribution in [0.4, 0.5) is 37.1 Å². The summed E-state index contributed by atoms with van der Waals surface area (Å²) in [5.41, 5.74) is -3.87. The van der Waals surface area contributed by atoms with Crippen LogP contribution in [0.25, 0.3) is 0 Å². The van der Waals surface area contributed by atoms with Crippen molar-refractivity contribution in [3.8, 4) is 0 Å². The molecule has 1 saturated heterocycles. The van der Waals surface area contributed by atoms with E-state index in [0.29, 0.717) is 24.9 Å². The van der Waals surface area contributed by atoms with Crippen molar-refractivity contribution in [2.45, 2.75) is 31.7 Å². The maximum absolute atomic E-state index is 13.2. The predicted molar refractivity (Wildman–Crippen MR) is 102 cm³/mol. The summed E-state index contributed by atoms with van der Waals surface area (Å²) in [5.74, 6) is -0.0879. The van der Waals surface area contributed by atoms with Crippen LogP contribution in [-0.4, -0.2) is 52.2 Å². The number of aromatic amines is 1. The average molecular weight is 479 g/mol. The first-order chi connectivity index (χ1) is 15.4. The van der Waals surface area contributed by atoms with Gasteiger partial charge in [-0.1, -0.05) is 6.92 Å². The molecule has 2 aromatic heterocycles.